The number of rotatable bonds is 5. The summed E-state index contributed by atoms with van der Waals surface area (Å²) < 4.78 is 5.30. The molecular weight excluding hydrogens is 228 g/mol. The molecule has 1 saturated carbocycles. The molecule has 1 amide bonds. The van der Waals surface area contributed by atoms with Crippen LogP contribution in [0.1, 0.15) is 32.1 Å². The van der Waals surface area contributed by atoms with Crippen LogP contribution < -0.4 is 5.32 Å². The number of nitrogens with one attached hydrogen (secondary N) is 1. The predicted molar refractivity (Wildman–Crippen MR) is 71.4 cm³/mol. The highest BCUT2D eigenvalue weighted by Gasteiger charge is 2.35. The summed E-state index contributed by atoms with van der Waals surface area (Å²) in [4.78, 5) is 14.6. The minimum absolute atomic E-state index is 0.0736. The highest BCUT2D eigenvalue weighted by Crippen LogP contribution is 2.25. The zero-order valence-electron chi connectivity index (χ0n) is 11.2. The van der Waals surface area contributed by atoms with Gasteiger partial charge in [0.25, 0.3) is 0 Å². The lowest BCUT2D eigenvalue weighted by atomic mass is 10.1. The van der Waals surface area contributed by atoms with Gasteiger partial charge in [0.1, 0.15) is 0 Å². The van der Waals surface area contributed by atoms with Crippen LogP contribution in [-0.2, 0) is 9.53 Å². The van der Waals surface area contributed by atoms with E-state index in [2.05, 4.69) is 11.9 Å². The number of carbonyl (C=O) groups excluding carboxylic acids is 1. The van der Waals surface area contributed by atoms with Gasteiger partial charge in [0.2, 0.25) is 5.91 Å². The first kappa shape index (κ1) is 13.6. The molecule has 2 atom stereocenters. The maximum atomic E-state index is 12.5. The average Bonchev–Trinajstić information content (AvgIpc) is 3.05. The SMILES string of the molecule is C=CCN(C(=O)C1CC(OC)CN1)C1CCCC1. The Balaban J connectivity index is 1.97. The van der Waals surface area contributed by atoms with E-state index in [1.54, 1.807) is 7.11 Å². The fraction of sp³-hybridized carbons (Fsp3) is 0.786. The van der Waals surface area contributed by atoms with E-state index in [0.717, 1.165) is 25.8 Å². The number of hydrogen-bond acceptors (Lipinski definition) is 3. The molecule has 4 nitrogen and oxygen atoms in total. The van der Waals surface area contributed by atoms with Crippen molar-refractivity contribution in [3.05, 3.63) is 12.7 Å². The molecule has 4 heteroatoms. The number of methoxy groups -OCH3 is 1. The third kappa shape index (κ3) is 2.93. The summed E-state index contributed by atoms with van der Waals surface area (Å²) in [5.41, 5.74) is 0. The Kier molecular flexibility index (Phi) is 4.78. The van der Waals surface area contributed by atoms with Gasteiger partial charge in [0.05, 0.1) is 12.1 Å². The molecule has 2 aliphatic rings. The summed E-state index contributed by atoms with van der Waals surface area (Å²) in [5, 5.41) is 3.27. The molecular formula is C14H24N2O2. The lowest BCUT2D eigenvalue weighted by Gasteiger charge is -2.30. The summed E-state index contributed by atoms with van der Waals surface area (Å²) in [6.07, 6.45) is 7.55. The monoisotopic (exact) mass is 252 g/mol. The normalized spacial score (nSPS) is 28.5. The minimum atomic E-state index is -0.0736. The lowest BCUT2D eigenvalue weighted by molar-refractivity contribution is -0.134. The molecule has 1 aliphatic heterocycles. The summed E-state index contributed by atoms with van der Waals surface area (Å²) in [7, 11) is 1.71. The van der Waals surface area contributed by atoms with Gasteiger partial charge >= 0.3 is 0 Å². The average molecular weight is 252 g/mol. The van der Waals surface area contributed by atoms with E-state index in [1.807, 2.05) is 11.0 Å². The molecule has 0 radical (unpaired) electrons. The summed E-state index contributed by atoms with van der Waals surface area (Å²) in [6, 6.07) is 0.342. The molecule has 2 fully saturated rings. The fourth-order valence-corrected chi connectivity index (χ4v) is 3.05. The first-order valence-corrected chi connectivity index (χ1v) is 6.93. The third-order valence-corrected chi connectivity index (χ3v) is 4.10. The molecule has 0 bridgehead atoms. The van der Waals surface area contributed by atoms with Gasteiger partial charge < -0.3 is 15.0 Å². The van der Waals surface area contributed by atoms with Gasteiger partial charge in [-0.15, -0.1) is 6.58 Å². The molecule has 18 heavy (non-hydrogen) atoms. The van der Waals surface area contributed by atoms with E-state index in [1.165, 1.54) is 12.8 Å². The molecule has 0 aromatic rings. The van der Waals surface area contributed by atoms with E-state index in [4.69, 9.17) is 4.74 Å². The zero-order chi connectivity index (χ0) is 13.0. The van der Waals surface area contributed by atoms with Crippen molar-refractivity contribution in [1.29, 1.82) is 0 Å². The predicted octanol–water partition coefficient (Wildman–Crippen LogP) is 1.32. The van der Waals surface area contributed by atoms with E-state index >= 15 is 0 Å². The first-order valence-electron chi connectivity index (χ1n) is 6.93. The Hall–Kier alpha value is -0.870. The highest BCUT2D eigenvalue weighted by molar-refractivity contribution is 5.82. The Labute approximate surface area is 109 Å². The van der Waals surface area contributed by atoms with Crippen LogP contribution in [0.25, 0.3) is 0 Å². The van der Waals surface area contributed by atoms with Gasteiger partial charge in [0.15, 0.2) is 0 Å². The second kappa shape index (κ2) is 6.34. The molecule has 1 heterocycles. The van der Waals surface area contributed by atoms with Crippen LogP contribution in [0, 0.1) is 0 Å². The van der Waals surface area contributed by atoms with Gasteiger partial charge in [-0.2, -0.15) is 0 Å². The lowest BCUT2D eigenvalue weighted by Crippen LogP contribution is -2.47. The van der Waals surface area contributed by atoms with Gasteiger partial charge in [-0.05, 0) is 19.3 Å². The van der Waals surface area contributed by atoms with Crippen LogP contribution in [0.3, 0.4) is 0 Å². The van der Waals surface area contributed by atoms with Crippen molar-refractivity contribution in [2.75, 3.05) is 20.2 Å². The Bertz CT molecular complexity index is 300. The van der Waals surface area contributed by atoms with Crippen molar-refractivity contribution in [2.45, 2.75) is 50.3 Å². The van der Waals surface area contributed by atoms with Crippen molar-refractivity contribution in [2.24, 2.45) is 0 Å². The van der Waals surface area contributed by atoms with Crippen molar-refractivity contribution < 1.29 is 9.53 Å². The molecule has 2 unspecified atom stereocenters. The van der Waals surface area contributed by atoms with Crippen molar-refractivity contribution in [1.82, 2.24) is 10.2 Å². The van der Waals surface area contributed by atoms with Crippen molar-refractivity contribution in [3.63, 3.8) is 0 Å². The van der Waals surface area contributed by atoms with E-state index in [-0.39, 0.29) is 18.1 Å². The van der Waals surface area contributed by atoms with Gasteiger partial charge in [-0.25, -0.2) is 0 Å². The van der Waals surface area contributed by atoms with E-state index in [9.17, 15) is 4.79 Å². The quantitative estimate of drug-likeness (QED) is 0.750. The Morgan fingerprint density at radius 2 is 2.22 bits per heavy atom. The molecule has 1 aliphatic carbocycles. The molecule has 0 aromatic heterocycles. The number of nitrogens with zero attached hydrogens (tertiary/aromatic N) is 1. The van der Waals surface area contributed by atoms with Crippen molar-refractivity contribution in [3.8, 4) is 0 Å². The third-order valence-electron chi connectivity index (χ3n) is 4.10. The second-order valence-corrected chi connectivity index (χ2v) is 5.27. The van der Waals surface area contributed by atoms with Crippen LogP contribution >= 0.6 is 0 Å². The van der Waals surface area contributed by atoms with Gasteiger partial charge in [-0.1, -0.05) is 18.9 Å². The topological polar surface area (TPSA) is 41.6 Å². The Morgan fingerprint density at radius 1 is 1.50 bits per heavy atom. The molecule has 2 rings (SSSR count). The molecule has 0 spiro atoms. The summed E-state index contributed by atoms with van der Waals surface area (Å²) >= 11 is 0. The Morgan fingerprint density at radius 3 is 2.78 bits per heavy atom. The summed E-state index contributed by atoms with van der Waals surface area (Å²) in [6.45, 7) is 5.22. The molecule has 0 aromatic carbocycles. The maximum absolute atomic E-state index is 12.5. The smallest absolute Gasteiger partial charge is 0.240 e. The second-order valence-electron chi connectivity index (χ2n) is 5.27. The standard InChI is InChI=1S/C14H24N2O2/c1-3-8-16(11-6-4-5-7-11)14(17)13-9-12(18-2)10-15-13/h3,11-13,15H,1,4-10H2,2H3. The molecule has 102 valence electrons. The van der Waals surface area contributed by atoms with Crippen LogP contribution in [0.4, 0.5) is 0 Å². The maximum Gasteiger partial charge on any atom is 0.240 e. The zero-order valence-corrected chi connectivity index (χ0v) is 11.2. The highest BCUT2D eigenvalue weighted by atomic mass is 16.5. The van der Waals surface area contributed by atoms with Crippen LogP contribution in [-0.4, -0.2) is 49.2 Å². The van der Waals surface area contributed by atoms with Gasteiger partial charge in [0, 0.05) is 26.2 Å². The number of amides is 1. The number of ether oxygens (including phenoxy) is 1. The first-order chi connectivity index (χ1) is 8.76. The van der Waals surface area contributed by atoms with Crippen molar-refractivity contribution >= 4 is 5.91 Å². The largest absolute Gasteiger partial charge is 0.380 e. The van der Waals surface area contributed by atoms with Crippen LogP contribution in [0.5, 0.6) is 0 Å². The van der Waals surface area contributed by atoms with Crippen LogP contribution in [0.15, 0.2) is 12.7 Å². The summed E-state index contributed by atoms with van der Waals surface area (Å²) in [5.74, 6) is 0.223. The minimum Gasteiger partial charge on any atom is -0.380 e. The fourth-order valence-electron chi connectivity index (χ4n) is 3.05. The van der Waals surface area contributed by atoms with Gasteiger partial charge in [-0.3, -0.25) is 4.79 Å². The number of hydrogen-bond donors (Lipinski definition) is 1. The molecule has 1 saturated heterocycles. The van der Waals surface area contributed by atoms with E-state index in [0.29, 0.717) is 12.6 Å². The van der Waals surface area contributed by atoms with E-state index < -0.39 is 0 Å². The molecule has 1 N–H and O–H groups in total. The van der Waals surface area contributed by atoms with Crippen LogP contribution in [0.2, 0.25) is 0 Å². The number of carbonyl (C=O) groups is 1.